The SMILES string of the molecule is CCCCc1c(F)c(F)c(CCc2ccccc2)c(F)c1F. The van der Waals surface area contributed by atoms with Crippen LogP contribution in [0.1, 0.15) is 36.5 Å². The van der Waals surface area contributed by atoms with Gasteiger partial charge >= 0.3 is 0 Å². The maximum Gasteiger partial charge on any atom is 0.165 e. The fourth-order valence-electron chi connectivity index (χ4n) is 2.43. The predicted molar refractivity (Wildman–Crippen MR) is 78.7 cm³/mol. The maximum atomic E-state index is 14.1. The highest BCUT2D eigenvalue weighted by Gasteiger charge is 2.24. The van der Waals surface area contributed by atoms with Crippen molar-refractivity contribution in [3.8, 4) is 0 Å². The standard InChI is InChI=1S/C18H18F4/c1-2-3-9-13-15(19)17(21)14(18(22)16(13)20)11-10-12-7-5-4-6-8-12/h4-8H,2-3,9-11H2,1H3. The molecule has 0 amide bonds. The van der Waals surface area contributed by atoms with Crippen molar-refractivity contribution in [3.63, 3.8) is 0 Å². The van der Waals surface area contributed by atoms with Crippen molar-refractivity contribution in [2.75, 3.05) is 0 Å². The number of hydrogen-bond acceptors (Lipinski definition) is 0. The van der Waals surface area contributed by atoms with Gasteiger partial charge in [0.05, 0.1) is 0 Å². The van der Waals surface area contributed by atoms with E-state index in [0.717, 1.165) is 5.56 Å². The molecule has 2 aromatic rings. The van der Waals surface area contributed by atoms with Crippen molar-refractivity contribution in [2.24, 2.45) is 0 Å². The topological polar surface area (TPSA) is 0 Å². The van der Waals surface area contributed by atoms with Crippen molar-refractivity contribution in [1.82, 2.24) is 0 Å². The van der Waals surface area contributed by atoms with Gasteiger partial charge in [0.1, 0.15) is 0 Å². The quantitative estimate of drug-likeness (QED) is 0.497. The van der Waals surface area contributed by atoms with Gasteiger partial charge in [0, 0.05) is 11.1 Å². The van der Waals surface area contributed by atoms with Crippen molar-refractivity contribution >= 4 is 0 Å². The summed E-state index contributed by atoms with van der Waals surface area (Å²) in [5, 5.41) is 0. The van der Waals surface area contributed by atoms with Crippen molar-refractivity contribution < 1.29 is 17.6 Å². The van der Waals surface area contributed by atoms with Gasteiger partial charge in [-0.05, 0) is 31.2 Å². The Morgan fingerprint density at radius 1 is 0.682 bits per heavy atom. The number of benzene rings is 2. The van der Waals surface area contributed by atoms with Crippen LogP contribution in [0, 0.1) is 23.3 Å². The molecule has 2 rings (SSSR count). The zero-order valence-corrected chi connectivity index (χ0v) is 12.4. The molecule has 4 heteroatoms. The first-order valence-corrected chi connectivity index (χ1v) is 7.43. The first kappa shape index (κ1) is 16.5. The smallest absolute Gasteiger partial charge is 0.165 e. The van der Waals surface area contributed by atoms with Crippen LogP contribution in [0.15, 0.2) is 30.3 Å². The second-order valence-electron chi connectivity index (χ2n) is 5.30. The molecule has 0 unspecified atom stereocenters. The van der Waals surface area contributed by atoms with Crippen LogP contribution >= 0.6 is 0 Å². The molecule has 0 aromatic heterocycles. The van der Waals surface area contributed by atoms with Crippen LogP contribution in [0.2, 0.25) is 0 Å². The largest absolute Gasteiger partial charge is 0.203 e. The van der Waals surface area contributed by atoms with Gasteiger partial charge in [-0.3, -0.25) is 0 Å². The van der Waals surface area contributed by atoms with E-state index in [1.54, 1.807) is 24.3 Å². The Balaban J connectivity index is 2.28. The number of hydrogen-bond donors (Lipinski definition) is 0. The minimum absolute atomic E-state index is 0.000964. The van der Waals surface area contributed by atoms with Crippen molar-refractivity contribution in [1.29, 1.82) is 0 Å². The van der Waals surface area contributed by atoms with Crippen LogP contribution in [-0.4, -0.2) is 0 Å². The number of rotatable bonds is 6. The lowest BCUT2D eigenvalue weighted by Crippen LogP contribution is -2.10. The number of halogens is 4. The molecule has 0 aliphatic heterocycles. The van der Waals surface area contributed by atoms with E-state index in [1.165, 1.54) is 0 Å². The lowest BCUT2D eigenvalue weighted by molar-refractivity contribution is 0.423. The van der Waals surface area contributed by atoms with Crippen LogP contribution in [0.4, 0.5) is 17.6 Å². The van der Waals surface area contributed by atoms with E-state index in [1.807, 2.05) is 13.0 Å². The molecule has 0 atom stereocenters. The molecule has 0 spiro atoms. The molecule has 22 heavy (non-hydrogen) atoms. The lowest BCUT2D eigenvalue weighted by atomic mass is 9.99. The fraction of sp³-hybridized carbons (Fsp3) is 0.333. The Morgan fingerprint density at radius 2 is 1.18 bits per heavy atom. The van der Waals surface area contributed by atoms with E-state index < -0.39 is 34.4 Å². The van der Waals surface area contributed by atoms with Crippen LogP contribution in [-0.2, 0) is 19.3 Å². The molecule has 0 fully saturated rings. The Morgan fingerprint density at radius 3 is 1.68 bits per heavy atom. The third kappa shape index (κ3) is 3.49. The van der Waals surface area contributed by atoms with E-state index in [4.69, 9.17) is 0 Å². The zero-order chi connectivity index (χ0) is 16.1. The summed E-state index contributed by atoms with van der Waals surface area (Å²) in [5.41, 5.74) is -0.142. The molecule has 0 saturated carbocycles. The fourth-order valence-corrected chi connectivity index (χ4v) is 2.43. The molecular weight excluding hydrogens is 292 g/mol. The molecule has 2 aromatic carbocycles. The minimum Gasteiger partial charge on any atom is -0.203 e. The summed E-state index contributed by atoms with van der Waals surface area (Å²) >= 11 is 0. The minimum atomic E-state index is -1.26. The second-order valence-corrected chi connectivity index (χ2v) is 5.30. The third-order valence-electron chi connectivity index (χ3n) is 3.73. The van der Waals surface area contributed by atoms with Gasteiger partial charge in [0.15, 0.2) is 23.3 Å². The average Bonchev–Trinajstić information content (AvgIpc) is 2.54. The van der Waals surface area contributed by atoms with Gasteiger partial charge in [-0.15, -0.1) is 0 Å². The number of aryl methyl sites for hydroxylation is 1. The molecule has 0 heterocycles. The maximum absolute atomic E-state index is 14.1. The molecule has 0 nitrogen and oxygen atoms in total. The Kier molecular flexibility index (Phi) is 5.58. The summed E-state index contributed by atoms with van der Waals surface area (Å²) in [6.07, 6.45) is 1.42. The van der Waals surface area contributed by atoms with Crippen molar-refractivity contribution in [3.05, 3.63) is 70.3 Å². The molecule has 118 valence electrons. The summed E-state index contributed by atoms with van der Waals surface area (Å²) in [7, 11) is 0. The van der Waals surface area contributed by atoms with Gasteiger partial charge in [-0.1, -0.05) is 43.7 Å². The Hall–Kier alpha value is -1.84. The highest BCUT2D eigenvalue weighted by molar-refractivity contribution is 5.31. The van der Waals surface area contributed by atoms with E-state index in [2.05, 4.69) is 0 Å². The Labute approximate surface area is 127 Å². The van der Waals surface area contributed by atoms with E-state index in [0.29, 0.717) is 19.3 Å². The molecular formula is C18H18F4. The summed E-state index contributed by atoms with van der Waals surface area (Å²) < 4.78 is 56.0. The first-order valence-electron chi connectivity index (χ1n) is 7.43. The zero-order valence-electron chi connectivity index (χ0n) is 12.4. The second kappa shape index (κ2) is 7.43. The Bertz CT molecular complexity index is 606. The molecule has 0 N–H and O–H groups in total. The molecule has 0 radical (unpaired) electrons. The highest BCUT2D eigenvalue weighted by atomic mass is 19.2. The summed E-state index contributed by atoms with van der Waals surface area (Å²) in [6, 6.07) is 9.04. The van der Waals surface area contributed by atoms with E-state index in [-0.39, 0.29) is 12.8 Å². The van der Waals surface area contributed by atoms with Crippen LogP contribution in [0.5, 0.6) is 0 Å². The normalized spacial score (nSPS) is 11.0. The average molecular weight is 310 g/mol. The van der Waals surface area contributed by atoms with Gasteiger partial charge in [0.25, 0.3) is 0 Å². The predicted octanol–water partition coefficient (Wildman–Crippen LogP) is 5.37. The van der Waals surface area contributed by atoms with Crippen LogP contribution < -0.4 is 0 Å². The molecule has 0 bridgehead atoms. The number of unbranched alkanes of at least 4 members (excludes halogenated alkanes) is 1. The van der Waals surface area contributed by atoms with Crippen LogP contribution in [0.3, 0.4) is 0 Å². The van der Waals surface area contributed by atoms with Gasteiger partial charge < -0.3 is 0 Å². The van der Waals surface area contributed by atoms with E-state index >= 15 is 0 Å². The summed E-state index contributed by atoms with van der Waals surface area (Å²) in [6.45, 7) is 1.84. The molecule has 0 aliphatic rings. The van der Waals surface area contributed by atoms with Gasteiger partial charge in [-0.2, -0.15) is 0 Å². The monoisotopic (exact) mass is 310 g/mol. The highest BCUT2D eigenvalue weighted by Crippen LogP contribution is 2.26. The van der Waals surface area contributed by atoms with Gasteiger partial charge in [-0.25, -0.2) is 17.6 Å². The molecule has 0 aliphatic carbocycles. The third-order valence-corrected chi connectivity index (χ3v) is 3.73. The summed E-state index contributed by atoms with van der Waals surface area (Å²) in [5.74, 6) is -5.03. The first-order chi connectivity index (χ1) is 10.6. The molecule has 0 saturated heterocycles. The van der Waals surface area contributed by atoms with Crippen molar-refractivity contribution in [2.45, 2.75) is 39.0 Å². The summed E-state index contributed by atoms with van der Waals surface area (Å²) in [4.78, 5) is 0. The lowest BCUT2D eigenvalue weighted by Gasteiger charge is -2.12. The van der Waals surface area contributed by atoms with Gasteiger partial charge in [0.2, 0.25) is 0 Å². The van der Waals surface area contributed by atoms with Crippen LogP contribution in [0.25, 0.3) is 0 Å². The van der Waals surface area contributed by atoms with E-state index in [9.17, 15) is 17.6 Å².